The van der Waals surface area contributed by atoms with Gasteiger partial charge < -0.3 is 21.5 Å². The van der Waals surface area contributed by atoms with E-state index in [-0.39, 0.29) is 18.1 Å². The maximum atomic E-state index is 12.8. The van der Waals surface area contributed by atoms with Gasteiger partial charge in [0.1, 0.15) is 17.8 Å². The van der Waals surface area contributed by atoms with Crippen LogP contribution in [0.25, 0.3) is 0 Å². The zero-order valence-electron chi connectivity index (χ0n) is 15.9. The first-order valence-corrected chi connectivity index (χ1v) is 9.01. The number of nitrogens with one attached hydrogen (secondary N) is 2. The number of carbonyl (C=O) groups excluding carboxylic acids is 3. The Hall–Kier alpha value is -3.35. The molecule has 0 aliphatic rings. The summed E-state index contributed by atoms with van der Waals surface area (Å²) < 4.78 is 0. The number of aromatic hydroxyl groups is 1. The third-order valence-electron chi connectivity index (χ3n) is 4.30. The molecule has 5 N–H and O–H groups in total. The first-order valence-electron chi connectivity index (χ1n) is 9.01. The molecule has 0 aliphatic heterocycles. The Morgan fingerprint density at radius 2 is 1.57 bits per heavy atom. The predicted octanol–water partition coefficient (Wildman–Crippen LogP) is 1.36. The number of hydrogen-bond donors (Lipinski definition) is 4. The summed E-state index contributed by atoms with van der Waals surface area (Å²) in [4.78, 5) is 37.0. The number of benzene rings is 2. The SMILES string of the molecule is CC(C)[C@@H](NC(=O)[C@@H](Cc1ccc(O)cc1)NC(=O)c1ccccc1)C(N)=O. The molecule has 0 radical (unpaired) electrons. The standard InChI is InChI=1S/C21H25N3O4/c1-13(2)18(19(22)26)24-21(28)17(12-14-8-10-16(25)11-9-14)23-20(27)15-6-4-3-5-7-15/h3-11,13,17-18,25H,12H2,1-2H3,(H2,22,26)(H,23,27)(H,24,28)/t17-,18-/m1/s1. The van der Waals surface area contributed by atoms with E-state index in [4.69, 9.17) is 5.73 Å². The summed E-state index contributed by atoms with van der Waals surface area (Å²) in [5.74, 6) is -1.64. The summed E-state index contributed by atoms with van der Waals surface area (Å²) in [6.45, 7) is 3.54. The van der Waals surface area contributed by atoms with Gasteiger partial charge in [-0.05, 0) is 35.7 Å². The van der Waals surface area contributed by atoms with Gasteiger partial charge in [-0.3, -0.25) is 14.4 Å². The lowest BCUT2D eigenvalue weighted by Gasteiger charge is -2.24. The number of amides is 3. The van der Waals surface area contributed by atoms with Gasteiger partial charge in [0.05, 0.1) is 0 Å². The Bertz CT molecular complexity index is 819. The largest absolute Gasteiger partial charge is 0.508 e. The van der Waals surface area contributed by atoms with Gasteiger partial charge in [-0.15, -0.1) is 0 Å². The zero-order chi connectivity index (χ0) is 20.7. The summed E-state index contributed by atoms with van der Waals surface area (Å²) >= 11 is 0. The summed E-state index contributed by atoms with van der Waals surface area (Å²) in [7, 11) is 0. The Morgan fingerprint density at radius 3 is 2.11 bits per heavy atom. The van der Waals surface area contributed by atoms with Crippen molar-refractivity contribution in [2.24, 2.45) is 11.7 Å². The van der Waals surface area contributed by atoms with Crippen molar-refractivity contribution in [1.82, 2.24) is 10.6 Å². The van der Waals surface area contributed by atoms with E-state index < -0.39 is 29.8 Å². The van der Waals surface area contributed by atoms with Crippen LogP contribution in [0, 0.1) is 5.92 Å². The number of carbonyl (C=O) groups is 3. The van der Waals surface area contributed by atoms with Crippen LogP contribution in [0.3, 0.4) is 0 Å². The van der Waals surface area contributed by atoms with Crippen LogP contribution in [-0.2, 0) is 16.0 Å². The molecule has 0 unspecified atom stereocenters. The number of phenols is 1. The van der Waals surface area contributed by atoms with Crippen LogP contribution in [0.5, 0.6) is 5.75 Å². The molecule has 0 heterocycles. The van der Waals surface area contributed by atoms with Crippen LogP contribution in [0.2, 0.25) is 0 Å². The molecule has 7 nitrogen and oxygen atoms in total. The van der Waals surface area contributed by atoms with Gasteiger partial charge in [0, 0.05) is 12.0 Å². The minimum absolute atomic E-state index is 0.103. The van der Waals surface area contributed by atoms with Crippen LogP contribution >= 0.6 is 0 Å². The summed E-state index contributed by atoms with van der Waals surface area (Å²) in [6.07, 6.45) is 0.189. The van der Waals surface area contributed by atoms with Crippen molar-refractivity contribution in [3.8, 4) is 5.75 Å². The second-order valence-corrected chi connectivity index (χ2v) is 6.90. The summed E-state index contributed by atoms with van der Waals surface area (Å²) in [5, 5.41) is 14.8. The van der Waals surface area contributed by atoms with Crippen molar-refractivity contribution >= 4 is 17.7 Å². The second-order valence-electron chi connectivity index (χ2n) is 6.90. The van der Waals surface area contributed by atoms with E-state index in [1.807, 2.05) is 0 Å². The molecule has 3 amide bonds. The van der Waals surface area contributed by atoms with Crippen LogP contribution in [0.1, 0.15) is 29.8 Å². The van der Waals surface area contributed by atoms with Crippen LogP contribution < -0.4 is 16.4 Å². The molecule has 28 heavy (non-hydrogen) atoms. The average Bonchev–Trinajstić information content (AvgIpc) is 2.67. The van der Waals surface area contributed by atoms with Crippen molar-refractivity contribution in [3.63, 3.8) is 0 Å². The van der Waals surface area contributed by atoms with E-state index in [1.165, 1.54) is 12.1 Å². The lowest BCUT2D eigenvalue weighted by molar-refractivity contribution is -0.129. The maximum Gasteiger partial charge on any atom is 0.251 e. The van der Waals surface area contributed by atoms with Gasteiger partial charge in [0.15, 0.2) is 0 Å². The lowest BCUT2D eigenvalue weighted by Crippen LogP contribution is -2.55. The van der Waals surface area contributed by atoms with E-state index in [9.17, 15) is 19.5 Å². The first kappa shape index (κ1) is 21.0. The molecule has 7 heteroatoms. The molecule has 0 fully saturated rings. The summed E-state index contributed by atoms with van der Waals surface area (Å²) in [5.41, 5.74) is 6.54. The number of rotatable bonds is 8. The van der Waals surface area contributed by atoms with Gasteiger partial charge in [-0.2, -0.15) is 0 Å². The van der Waals surface area contributed by atoms with Crippen molar-refractivity contribution in [2.45, 2.75) is 32.4 Å². The summed E-state index contributed by atoms with van der Waals surface area (Å²) in [6, 6.07) is 13.1. The molecule has 0 aliphatic carbocycles. The highest BCUT2D eigenvalue weighted by molar-refractivity contribution is 5.98. The fourth-order valence-electron chi connectivity index (χ4n) is 2.73. The number of nitrogens with two attached hydrogens (primary N) is 1. The number of primary amides is 1. The Kier molecular flexibility index (Phi) is 7.14. The fourth-order valence-corrected chi connectivity index (χ4v) is 2.73. The van der Waals surface area contributed by atoms with Crippen LogP contribution in [0.15, 0.2) is 54.6 Å². The average molecular weight is 383 g/mol. The van der Waals surface area contributed by atoms with E-state index in [1.54, 1.807) is 56.3 Å². The Morgan fingerprint density at radius 1 is 0.964 bits per heavy atom. The molecule has 2 aromatic carbocycles. The van der Waals surface area contributed by atoms with E-state index >= 15 is 0 Å². The highest BCUT2D eigenvalue weighted by Crippen LogP contribution is 2.12. The topological polar surface area (TPSA) is 122 Å². The molecule has 2 atom stereocenters. The van der Waals surface area contributed by atoms with Crippen LogP contribution in [-0.4, -0.2) is 34.9 Å². The predicted molar refractivity (Wildman–Crippen MR) is 105 cm³/mol. The normalized spacial score (nSPS) is 12.8. The highest BCUT2D eigenvalue weighted by atomic mass is 16.3. The third-order valence-corrected chi connectivity index (χ3v) is 4.30. The minimum Gasteiger partial charge on any atom is -0.508 e. The maximum absolute atomic E-state index is 12.8. The lowest BCUT2D eigenvalue weighted by atomic mass is 10.0. The highest BCUT2D eigenvalue weighted by Gasteiger charge is 2.27. The molecule has 0 saturated carbocycles. The number of phenolic OH excluding ortho intramolecular Hbond substituents is 1. The fraction of sp³-hybridized carbons (Fsp3) is 0.286. The molecule has 2 rings (SSSR count). The molecular formula is C21H25N3O4. The molecular weight excluding hydrogens is 358 g/mol. The van der Waals surface area contributed by atoms with Gasteiger partial charge in [0.2, 0.25) is 11.8 Å². The molecule has 0 bridgehead atoms. The number of hydrogen-bond acceptors (Lipinski definition) is 4. The Labute approximate surface area is 163 Å². The molecule has 2 aromatic rings. The van der Waals surface area contributed by atoms with Gasteiger partial charge in [-0.1, -0.05) is 44.2 Å². The smallest absolute Gasteiger partial charge is 0.251 e. The molecule has 148 valence electrons. The molecule has 0 saturated heterocycles. The van der Waals surface area contributed by atoms with Crippen molar-refractivity contribution < 1.29 is 19.5 Å². The quantitative estimate of drug-likeness (QED) is 0.550. The van der Waals surface area contributed by atoms with Gasteiger partial charge in [-0.25, -0.2) is 0 Å². The first-order chi connectivity index (χ1) is 13.3. The van der Waals surface area contributed by atoms with Gasteiger partial charge >= 0.3 is 0 Å². The van der Waals surface area contributed by atoms with Crippen molar-refractivity contribution in [2.75, 3.05) is 0 Å². The van der Waals surface area contributed by atoms with Gasteiger partial charge in [0.25, 0.3) is 5.91 Å². The van der Waals surface area contributed by atoms with Crippen LogP contribution in [0.4, 0.5) is 0 Å². The van der Waals surface area contributed by atoms with E-state index in [0.717, 1.165) is 5.56 Å². The van der Waals surface area contributed by atoms with Crippen molar-refractivity contribution in [3.05, 3.63) is 65.7 Å². The Balaban J connectivity index is 2.21. The molecule has 0 spiro atoms. The monoisotopic (exact) mass is 383 g/mol. The molecule has 0 aromatic heterocycles. The minimum atomic E-state index is -0.919. The van der Waals surface area contributed by atoms with E-state index in [2.05, 4.69) is 10.6 Å². The second kappa shape index (κ2) is 9.55. The van der Waals surface area contributed by atoms with E-state index in [0.29, 0.717) is 5.56 Å². The van der Waals surface area contributed by atoms with Crippen molar-refractivity contribution in [1.29, 1.82) is 0 Å². The zero-order valence-corrected chi connectivity index (χ0v) is 15.9. The third kappa shape index (κ3) is 5.84.